The molecule has 2 N–H and O–H groups in total. The number of nitrogens with zero attached hydrogens (tertiary/aromatic N) is 1. The molecule has 0 saturated carbocycles. The van der Waals surface area contributed by atoms with Crippen LogP contribution in [-0.2, 0) is 19.0 Å². The molecule has 1 aromatic rings. The summed E-state index contributed by atoms with van der Waals surface area (Å²) < 4.78 is 15.4. The van der Waals surface area contributed by atoms with Gasteiger partial charge in [-0.2, -0.15) is 5.26 Å². The number of aryl methyl sites for hydroxylation is 1. The zero-order chi connectivity index (χ0) is 17.0. The predicted octanol–water partition coefficient (Wildman–Crippen LogP) is 1.88. The van der Waals surface area contributed by atoms with Crippen molar-refractivity contribution in [1.29, 1.82) is 5.26 Å². The molecule has 1 aliphatic heterocycles. The average molecular weight is 314 g/mol. The number of benzene rings is 1. The Bertz CT molecular complexity index is 728. The van der Waals surface area contributed by atoms with E-state index in [1.807, 2.05) is 37.3 Å². The summed E-state index contributed by atoms with van der Waals surface area (Å²) in [4.78, 5) is 12.3. The summed E-state index contributed by atoms with van der Waals surface area (Å²) in [6.45, 7) is 1.95. The molecule has 0 spiro atoms. The molecule has 0 aromatic heterocycles. The van der Waals surface area contributed by atoms with Gasteiger partial charge in [-0.15, -0.1) is 0 Å². The van der Waals surface area contributed by atoms with E-state index in [-0.39, 0.29) is 29.4 Å². The number of allylic oxidation sites excluding steroid dienone is 1. The number of nitriles is 1. The van der Waals surface area contributed by atoms with Crippen molar-refractivity contribution in [1.82, 2.24) is 0 Å². The number of carbonyl (C=O) groups is 1. The van der Waals surface area contributed by atoms with E-state index in [0.717, 1.165) is 11.1 Å². The molecule has 0 aliphatic carbocycles. The molecule has 120 valence electrons. The van der Waals surface area contributed by atoms with Gasteiger partial charge in [0.1, 0.15) is 24.0 Å². The summed E-state index contributed by atoms with van der Waals surface area (Å²) >= 11 is 0. The van der Waals surface area contributed by atoms with E-state index < -0.39 is 11.9 Å². The third-order valence-corrected chi connectivity index (χ3v) is 3.68. The molecule has 0 amide bonds. The lowest BCUT2D eigenvalue weighted by atomic mass is 9.81. The molecule has 0 saturated heterocycles. The van der Waals surface area contributed by atoms with Crippen LogP contribution in [0.5, 0.6) is 0 Å². The SMILES string of the molecule is COCC1=C(C(=O)OC)[C@H](c2ccccc2C)C(C#N)=C(N)O1. The number of esters is 1. The molecule has 0 bridgehead atoms. The van der Waals surface area contributed by atoms with Crippen molar-refractivity contribution < 1.29 is 19.0 Å². The summed E-state index contributed by atoms with van der Waals surface area (Å²) in [5.74, 6) is -0.998. The fourth-order valence-electron chi connectivity index (χ4n) is 2.61. The zero-order valence-corrected chi connectivity index (χ0v) is 13.3. The van der Waals surface area contributed by atoms with Gasteiger partial charge in [-0.3, -0.25) is 0 Å². The van der Waals surface area contributed by atoms with Crippen LogP contribution >= 0.6 is 0 Å². The molecule has 1 aromatic carbocycles. The topological polar surface area (TPSA) is 94.6 Å². The number of hydrogen-bond acceptors (Lipinski definition) is 6. The number of methoxy groups -OCH3 is 2. The Hall–Kier alpha value is -2.78. The highest BCUT2D eigenvalue weighted by Gasteiger charge is 2.37. The van der Waals surface area contributed by atoms with Gasteiger partial charge < -0.3 is 19.9 Å². The van der Waals surface area contributed by atoms with Crippen molar-refractivity contribution in [2.75, 3.05) is 20.8 Å². The average Bonchev–Trinajstić information content (AvgIpc) is 2.54. The molecular formula is C17H18N2O4. The second kappa shape index (κ2) is 6.99. The van der Waals surface area contributed by atoms with E-state index in [4.69, 9.17) is 19.9 Å². The first kappa shape index (κ1) is 16.6. The predicted molar refractivity (Wildman–Crippen MR) is 82.7 cm³/mol. The number of carbonyl (C=O) groups excluding carboxylic acids is 1. The minimum atomic E-state index is -0.646. The van der Waals surface area contributed by atoms with E-state index in [1.165, 1.54) is 14.2 Å². The molecule has 23 heavy (non-hydrogen) atoms. The Morgan fingerprint density at radius 2 is 2.09 bits per heavy atom. The Kier molecular flexibility index (Phi) is 5.04. The molecule has 1 heterocycles. The molecule has 6 heteroatoms. The maximum atomic E-state index is 12.3. The third-order valence-electron chi connectivity index (χ3n) is 3.68. The van der Waals surface area contributed by atoms with E-state index in [9.17, 15) is 10.1 Å². The summed E-state index contributed by atoms with van der Waals surface area (Å²) in [5, 5.41) is 9.50. The Morgan fingerprint density at radius 1 is 1.39 bits per heavy atom. The van der Waals surface area contributed by atoms with E-state index in [1.54, 1.807) is 0 Å². The largest absolute Gasteiger partial charge is 0.466 e. The van der Waals surface area contributed by atoms with Gasteiger partial charge in [0.15, 0.2) is 0 Å². The van der Waals surface area contributed by atoms with Crippen LogP contribution in [-0.4, -0.2) is 26.8 Å². The highest BCUT2D eigenvalue weighted by molar-refractivity contribution is 5.92. The van der Waals surface area contributed by atoms with Crippen LogP contribution in [0.15, 0.2) is 47.1 Å². The second-order valence-electron chi connectivity index (χ2n) is 5.04. The minimum absolute atomic E-state index is 0.0274. The maximum Gasteiger partial charge on any atom is 0.338 e. The summed E-state index contributed by atoms with van der Waals surface area (Å²) in [7, 11) is 2.76. The first-order valence-electron chi connectivity index (χ1n) is 6.98. The molecule has 6 nitrogen and oxygen atoms in total. The van der Waals surface area contributed by atoms with Crippen LogP contribution in [0, 0.1) is 18.3 Å². The lowest BCUT2D eigenvalue weighted by Crippen LogP contribution is -2.27. The van der Waals surface area contributed by atoms with Gasteiger partial charge in [0.2, 0.25) is 5.88 Å². The number of ether oxygens (including phenoxy) is 3. The smallest absolute Gasteiger partial charge is 0.338 e. The highest BCUT2D eigenvalue weighted by atomic mass is 16.5. The number of hydrogen-bond donors (Lipinski definition) is 1. The molecule has 0 fully saturated rings. The summed E-state index contributed by atoms with van der Waals surface area (Å²) in [6, 6.07) is 9.53. The van der Waals surface area contributed by atoms with Crippen molar-refractivity contribution in [3.8, 4) is 6.07 Å². The minimum Gasteiger partial charge on any atom is -0.466 e. The van der Waals surface area contributed by atoms with Gasteiger partial charge in [0.25, 0.3) is 0 Å². The van der Waals surface area contributed by atoms with E-state index in [0.29, 0.717) is 0 Å². The van der Waals surface area contributed by atoms with Crippen molar-refractivity contribution >= 4 is 5.97 Å². The van der Waals surface area contributed by atoms with Crippen molar-refractivity contribution in [3.63, 3.8) is 0 Å². The van der Waals surface area contributed by atoms with Crippen LogP contribution in [0.2, 0.25) is 0 Å². The maximum absolute atomic E-state index is 12.3. The van der Waals surface area contributed by atoms with Crippen LogP contribution in [0.25, 0.3) is 0 Å². The molecule has 0 unspecified atom stereocenters. The van der Waals surface area contributed by atoms with Crippen LogP contribution in [0.3, 0.4) is 0 Å². The quantitative estimate of drug-likeness (QED) is 0.853. The van der Waals surface area contributed by atoms with Gasteiger partial charge in [-0.05, 0) is 18.1 Å². The Labute approximate surface area is 134 Å². The zero-order valence-electron chi connectivity index (χ0n) is 13.3. The molecule has 0 radical (unpaired) electrons. The first-order valence-corrected chi connectivity index (χ1v) is 6.98. The number of rotatable bonds is 4. The third kappa shape index (κ3) is 3.05. The van der Waals surface area contributed by atoms with E-state index in [2.05, 4.69) is 0 Å². The van der Waals surface area contributed by atoms with Crippen LogP contribution in [0.4, 0.5) is 0 Å². The fourth-order valence-corrected chi connectivity index (χ4v) is 2.61. The van der Waals surface area contributed by atoms with Gasteiger partial charge in [0, 0.05) is 7.11 Å². The van der Waals surface area contributed by atoms with Gasteiger partial charge >= 0.3 is 5.97 Å². The molecule has 1 aliphatic rings. The van der Waals surface area contributed by atoms with Crippen LogP contribution < -0.4 is 5.73 Å². The van der Waals surface area contributed by atoms with Gasteiger partial charge in [-0.1, -0.05) is 24.3 Å². The number of nitrogens with two attached hydrogens (primary N) is 1. The van der Waals surface area contributed by atoms with Crippen molar-refractivity contribution in [3.05, 3.63) is 58.2 Å². The van der Waals surface area contributed by atoms with Gasteiger partial charge in [0.05, 0.1) is 18.6 Å². The standard InChI is InChI=1S/C17H18N2O4/c1-10-6-4-5-7-11(10)14-12(8-18)16(19)23-13(9-21-2)15(14)17(20)22-3/h4-7,14H,9,19H2,1-3H3/t14-/m1/s1. The fraction of sp³-hybridized carbons (Fsp3) is 0.294. The van der Waals surface area contributed by atoms with Crippen molar-refractivity contribution in [2.45, 2.75) is 12.8 Å². The van der Waals surface area contributed by atoms with Crippen molar-refractivity contribution in [2.24, 2.45) is 5.73 Å². The van der Waals surface area contributed by atoms with Crippen LogP contribution in [0.1, 0.15) is 17.0 Å². The normalized spacial score (nSPS) is 17.6. The molecule has 1 atom stereocenters. The first-order chi connectivity index (χ1) is 11.0. The molecular weight excluding hydrogens is 296 g/mol. The Morgan fingerprint density at radius 3 is 2.65 bits per heavy atom. The summed E-state index contributed by atoms with van der Waals surface area (Å²) in [6.07, 6.45) is 0. The van der Waals surface area contributed by atoms with E-state index >= 15 is 0 Å². The van der Waals surface area contributed by atoms with Gasteiger partial charge in [-0.25, -0.2) is 4.79 Å². The highest BCUT2D eigenvalue weighted by Crippen LogP contribution is 2.40. The summed E-state index contributed by atoms with van der Waals surface area (Å²) in [5.41, 5.74) is 8.02. The lowest BCUT2D eigenvalue weighted by molar-refractivity contribution is -0.136. The monoisotopic (exact) mass is 314 g/mol. The Balaban J connectivity index is 2.72. The molecule has 2 rings (SSSR count). The lowest BCUT2D eigenvalue weighted by Gasteiger charge is -2.28. The second-order valence-corrected chi connectivity index (χ2v) is 5.04.